The average Bonchev–Trinajstić information content (AvgIpc) is 3.11. The van der Waals surface area contributed by atoms with Crippen molar-refractivity contribution in [2.75, 3.05) is 0 Å². The van der Waals surface area contributed by atoms with Crippen LogP contribution in [0.4, 0.5) is 0 Å². The molecule has 0 N–H and O–H groups in total. The van der Waals surface area contributed by atoms with Gasteiger partial charge in [0, 0.05) is 10.5 Å². The molecule has 0 unspecified atom stereocenters. The molecule has 17 heavy (non-hydrogen) atoms. The van der Waals surface area contributed by atoms with E-state index in [-0.39, 0.29) is 0 Å². The predicted molar refractivity (Wildman–Crippen MR) is 75.4 cm³/mol. The summed E-state index contributed by atoms with van der Waals surface area (Å²) >= 11 is 2.05. The lowest BCUT2D eigenvalue weighted by Crippen LogP contribution is -1.85. The summed E-state index contributed by atoms with van der Waals surface area (Å²) in [6.07, 6.45) is 0. The van der Waals surface area contributed by atoms with E-state index in [4.69, 9.17) is 0 Å². The SMILES string of the molecule is Cc1ccc([C@H]2S[C@@H]2c2ccc(C)cc2)cc1. The third kappa shape index (κ3) is 2.25. The molecule has 0 saturated carbocycles. The van der Waals surface area contributed by atoms with E-state index in [9.17, 15) is 0 Å². The Morgan fingerprint density at radius 2 is 1.00 bits per heavy atom. The van der Waals surface area contributed by atoms with Crippen molar-refractivity contribution in [1.82, 2.24) is 0 Å². The lowest BCUT2D eigenvalue weighted by molar-refractivity contribution is 1.02. The number of hydrogen-bond acceptors (Lipinski definition) is 1. The molecule has 0 bridgehead atoms. The molecular weight excluding hydrogens is 224 g/mol. The standard InChI is InChI=1S/C16H16S/c1-11-3-7-13(8-4-11)15-16(17-15)14-9-5-12(2)6-10-14/h3-10,15-16H,1-2H3/t15-,16-/m1/s1. The van der Waals surface area contributed by atoms with Gasteiger partial charge in [-0.1, -0.05) is 59.7 Å². The number of hydrogen-bond donors (Lipinski definition) is 0. The van der Waals surface area contributed by atoms with Gasteiger partial charge in [0.2, 0.25) is 0 Å². The van der Waals surface area contributed by atoms with Crippen molar-refractivity contribution < 1.29 is 0 Å². The Morgan fingerprint density at radius 3 is 1.35 bits per heavy atom. The van der Waals surface area contributed by atoms with Crippen molar-refractivity contribution in [2.45, 2.75) is 24.3 Å². The smallest absolute Gasteiger partial charge is 0.0463 e. The van der Waals surface area contributed by atoms with Crippen LogP contribution in [0.5, 0.6) is 0 Å². The van der Waals surface area contributed by atoms with Crippen LogP contribution >= 0.6 is 11.8 Å². The lowest BCUT2D eigenvalue weighted by Gasteiger charge is -2.01. The van der Waals surface area contributed by atoms with Crippen LogP contribution in [0.15, 0.2) is 48.5 Å². The lowest BCUT2D eigenvalue weighted by atomic mass is 10.0. The van der Waals surface area contributed by atoms with Crippen molar-refractivity contribution in [2.24, 2.45) is 0 Å². The molecule has 1 fully saturated rings. The Kier molecular flexibility index (Phi) is 2.71. The predicted octanol–water partition coefficient (Wildman–Crippen LogP) is 4.83. The van der Waals surface area contributed by atoms with E-state index in [1.807, 2.05) is 0 Å². The monoisotopic (exact) mass is 240 g/mol. The fraction of sp³-hybridized carbons (Fsp3) is 0.250. The second kappa shape index (κ2) is 4.23. The van der Waals surface area contributed by atoms with Gasteiger partial charge in [-0.15, -0.1) is 11.8 Å². The van der Waals surface area contributed by atoms with Gasteiger partial charge in [-0.25, -0.2) is 0 Å². The Bertz CT molecular complexity index is 461. The highest BCUT2D eigenvalue weighted by molar-refractivity contribution is 8.06. The van der Waals surface area contributed by atoms with Gasteiger partial charge in [0.1, 0.15) is 0 Å². The van der Waals surface area contributed by atoms with Gasteiger partial charge in [0.15, 0.2) is 0 Å². The van der Waals surface area contributed by atoms with Crippen molar-refractivity contribution in [1.29, 1.82) is 0 Å². The van der Waals surface area contributed by atoms with E-state index in [0.717, 1.165) is 0 Å². The quantitative estimate of drug-likeness (QED) is 0.677. The van der Waals surface area contributed by atoms with E-state index < -0.39 is 0 Å². The topological polar surface area (TPSA) is 0 Å². The van der Waals surface area contributed by atoms with Crippen molar-refractivity contribution in [3.8, 4) is 0 Å². The van der Waals surface area contributed by atoms with Gasteiger partial charge in [-0.05, 0) is 25.0 Å². The third-order valence-electron chi connectivity index (χ3n) is 3.30. The maximum absolute atomic E-state index is 2.27. The van der Waals surface area contributed by atoms with Gasteiger partial charge in [-0.3, -0.25) is 0 Å². The van der Waals surface area contributed by atoms with Gasteiger partial charge < -0.3 is 0 Å². The first-order chi connectivity index (χ1) is 8.24. The first kappa shape index (κ1) is 10.9. The minimum Gasteiger partial charge on any atom is -0.143 e. The Morgan fingerprint density at radius 1 is 0.647 bits per heavy atom. The zero-order valence-corrected chi connectivity index (χ0v) is 11.0. The zero-order chi connectivity index (χ0) is 11.8. The molecule has 0 aromatic heterocycles. The molecule has 2 aromatic carbocycles. The van der Waals surface area contributed by atoms with E-state index in [2.05, 4.69) is 74.1 Å². The number of thioether (sulfide) groups is 1. The first-order valence-corrected chi connectivity index (χ1v) is 6.97. The zero-order valence-electron chi connectivity index (χ0n) is 10.2. The molecule has 1 heterocycles. The maximum atomic E-state index is 2.27. The highest BCUT2D eigenvalue weighted by Crippen LogP contribution is 2.65. The highest BCUT2D eigenvalue weighted by Gasteiger charge is 2.40. The van der Waals surface area contributed by atoms with Gasteiger partial charge >= 0.3 is 0 Å². The third-order valence-corrected chi connectivity index (χ3v) is 4.66. The summed E-state index contributed by atoms with van der Waals surface area (Å²) in [5.74, 6) is 0. The summed E-state index contributed by atoms with van der Waals surface area (Å²) < 4.78 is 0. The molecule has 2 atom stereocenters. The normalized spacial score (nSPS) is 22.5. The second-order valence-corrected chi connectivity index (χ2v) is 6.09. The Balaban J connectivity index is 1.78. The largest absolute Gasteiger partial charge is 0.143 e. The maximum Gasteiger partial charge on any atom is 0.0463 e. The fourth-order valence-electron chi connectivity index (χ4n) is 2.13. The van der Waals surface area contributed by atoms with Gasteiger partial charge in [0.05, 0.1) is 0 Å². The van der Waals surface area contributed by atoms with Crippen LogP contribution in [0.2, 0.25) is 0 Å². The summed E-state index contributed by atoms with van der Waals surface area (Å²) in [5.41, 5.74) is 5.61. The van der Waals surface area contributed by atoms with Crippen LogP contribution < -0.4 is 0 Å². The van der Waals surface area contributed by atoms with Crippen LogP contribution in [0, 0.1) is 13.8 Å². The Labute approximate surface area is 107 Å². The minimum atomic E-state index is 0.665. The molecular formula is C16H16S. The molecule has 1 heteroatoms. The molecule has 3 rings (SSSR count). The molecule has 0 aliphatic carbocycles. The highest BCUT2D eigenvalue weighted by atomic mass is 32.2. The summed E-state index contributed by atoms with van der Waals surface area (Å²) in [5, 5.41) is 1.33. The average molecular weight is 240 g/mol. The fourth-order valence-corrected chi connectivity index (χ4v) is 3.30. The molecule has 86 valence electrons. The summed E-state index contributed by atoms with van der Waals surface area (Å²) in [7, 11) is 0. The molecule has 2 aromatic rings. The Hall–Kier alpha value is -1.21. The van der Waals surface area contributed by atoms with E-state index in [0.29, 0.717) is 10.5 Å². The molecule has 0 amide bonds. The molecule has 1 saturated heterocycles. The molecule has 0 nitrogen and oxygen atoms in total. The molecule has 1 aliphatic heterocycles. The minimum absolute atomic E-state index is 0.665. The first-order valence-electron chi connectivity index (χ1n) is 6.02. The molecule has 1 aliphatic rings. The van der Waals surface area contributed by atoms with Crippen LogP contribution in [-0.4, -0.2) is 0 Å². The molecule has 0 spiro atoms. The summed E-state index contributed by atoms with van der Waals surface area (Å²) in [6, 6.07) is 17.9. The number of benzene rings is 2. The van der Waals surface area contributed by atoms with Gasteiger partial charge in [-0.2, -0.15) is 0 Å². The van der Waals surface area contributed by atoms with Crippen molar-refractivity contribution >= 4 is 11.8 Å². The van der Waals surface area contributed by atoms with E-state index in [1.54, 1.807) is 0 Å². The van der Waals surface area contributed by atoms with Crippen LogP contribution in [0.1, 0.15) is 32.8 Å². The molecule has 0 radical (unpaired) electrons. The number of aryl methyl sites for hydroxylation is 2. The van der Waals surface area contributed by atoms with Gasteiger partial charge in [0.25, 0.3) is 0 Å². The van der Waals surface area contributed by atoms with Crippen molar-refractivity contribution in [3.05, 3.63) is 70.8 Å². The second-order valence-electron chi connectivity index (χ2n) is 4.80. The van der Waals surface area contributed by atoms with Crippen LogP contribution in [0.25, 0.3) is 0 Å². The summed E-state index contributed by atoms with van der Waals surface area (Å²) in [6.45, 7) is 4.28. The summed E-state index contributed by atoms with van der Waals surface area (Å²) in [4.78, 5) is 0. The number of rotatable bonds is 2. The van der Waals surface area contributed by atoms with Crippen LogP contribution in [-0.2, 0) is 0 Å². The van der Waals surface area contributed by atoms with Crippen LogP contribution in [0.3, 0.4) is 0 Å². The van der Waals surface area contributed by atoms with Crippen molar-refractivity contribution in [3.63, 3.8) is 0 Å². The van der Waals surface area contributed by atoms with E-state index in [1.165, 1.54) is 22.3 Å². The van der Waals surface area contributed by atoms with E-state index >= 15 is 0 Å².